The Kier molecular flexibility index (Phi) is 3.34. The minimum atomic E-state index is 0.349. The second-order valence-electron chi connectivity index (χ2n) is 2.94. The van der Waals surface area contributed by atoms with Crippen LogP contribution in [0.25, 0.3) is 0 Å². The molecule has 0 aliphatic heterocycles. The van der Waals surface area contributed by atoms with E-state index >= 15 is 0 Å². The van der Waals surface area contributed by atoms with Crippen molar-refractivity contribution < 1.29 is 0 Å². The van der Waals surface area contributed by atoms with Gasteiger partial charge in [0.25, 0.3) is 0 Å². The number of nitriles is 1. The van der Waals surface area contributed by atoms with Gasteiger partial charge in [-0.15, -0.1) is 11.3 Å². The summed E-state index contributed by atoms with van der Waals surface area (Å²) in [7, 11) is 0. The van der Waals surface area contributed by atoms with Crippen LogP contribution in [0.15, 0.2) is 24.4 Å². The summed E-state index contributed by atoms with van der Waals surface area (Å²) in [5.74, 6) is 0.448. The molecule has 0 atom stereocenters. The Balaban J connectivity index is 2.02. The second kappa shape index (κ2) is 4.92. The van der Waals surface area contributed by atoms with Crippen molar-refractivity contribution in [2.24, 2.45) is 0 Å². The molecule has 0 unspecified atom stereocenters. The number of thiophene rings is 1. The van der Waals surface area contributed by atoms with E-state index in [2.05, 4.69) is 15.3 Å². The molecule has 0 spiro atoms. The van der Waals surface area contributed by atoms with Gasteiger partial charge >= 0.3 is 0 Å². The van der Waals surface area contributed by atoms with Gasteiger partial charge in [0, 0.05) is 11.1 Å². The second-order valence-corrected chi connectivity index (χ2v) is 4.74. The molecule has 2 rings (SSSR count). The molecule has 2 heterocycles. The molecule has 2 aromatic rings. The van der Waals surface area contributed by atoms with Gasteiger partial charge in [0.2, 0.25) is 5.95 Å². The summed E-state index contributed by atoms with van der Waals surface area (Å²) in [6.07, 6.45) is 1.55. The number of hydrogen-bond acceptors (Lipinski definition) is 5. The fraction of sp³-hybridized carbons (Fsp3) is 0.100. The first kappa shape index (κ1) is 10.9. The third kappa shape index (κ3) is 2.69. The monoisotopic (exact) mass is 250 g/mol. The summed E-state index contributed by atoms with van der Waals surface area (Å²) in [6.45, 7) is 0.603. The van der Waals surface area contributed by atoms with E-state index in [0.717, 1.165) is 9.21 Å². The van der Waals surface area contributed by atoms with Crippen LogP contribution in [0.2, 0.25) is 4.34 Å². The molecule has 2 aromatic heterocycles. The van der Waals surface area contributed by atoms with Gasteiger partial charge in [-0.1, -0.05) is 11.6 Å². The Bertz CT molecular complexity index is 532. The Morgan fingerprint density at radius 1 is 1.44 bits per heavy atom. The third-order valence-electron chi connectivity index (χ3n) is 1.82. The lowest BCUT2D eigenvalue weighted by atomic mass is 10.4. The van der Waals surface area contributed by atoms with Crippen LogP contribution in [-0.2, 0) is 6.54 Å². The summed E-state index contributed by atoms with van der Waals surface area (Å²) < 4.78 is 0.753. The first-order valence-corrected chi connectivity index (χ1v) is 5.68. The summed E-state index contributed by atoms with van der Waals surface area (Å²) in [4.78, 5) is 9.10. The van der Waals surface area contributed by atoms with Gasteiger partial charge in [0.05, 0.1) is 10.9 Å². The number of rotatable bonds is 3. The third-order valence-corrected chi connectivity index (χ3v) is 3.05. The summed E-state index contributed by atoms with van der Waals surface area (Å²) >= 11 is 7.31. The zero-order valence-electron chi connectivity index (χ0n) is 8.14. The molecular formula is C10H7ClN4S. The zero-order chi connectivity index (χ0) is 11.4. The van der Waals surface area contributed by atoms with Crippen LogP contribution in [-0.4, -0.2) is 9.97 Å². The van der Waals surface area contributed by atoms with Crippen molar-refractivity contribution in [1.82, 2.24) is 9.97 Å². The highest BCUT2D eigenvalue weighted by molar-refractivity contribution is 7.16. The maximum absolute atomic E-state index is 8.67. The van der Waals surface area contributed by atoms with Crippen molar-refractivity contribution in [3.63, 3.8) is 0 Å². The smallest absolute Gasteiger partial charge is 0.224 e. The standard InChI is InChI=1S/C10H7ClN4S/c11-9-2-1-8(16-9)6-14-10-13-4-3-7(5-12)15-10/h1-4H,6H2,(H,13,14,15). The van der Waals surface area contributed by atoms with Crippen LogP contribution in [0.5, 0.6) is 0 Å². The Morgan fingerprint density at radius 3 is 3.00 bits per heavy atom. The molecule has 1 N–H and O–H groups in total. The Hall–Kier alpha value is -1.64. The van der Waals surface area contributed by atoms with Gasteiger partial charge in [-0.3, -0.25) is 0 Å². The van der Waals surface area contributed by atoms with Crippen LogP contribution >= 0.6 is 22.9 Å². The minimum absolute atomic E-state index is 0.349. The van der Waals surface area contributed by atoms with Crippen molar-refractivity contribution in [3.05, 3.63) is 39.3 Å². The number of anilines is 1. The summed E-state index contributed by atoms with van der Waals surface area (Å²) in [5.41, 5.74) is 0.349. The van der Waals surface area contributed by atoms with Gasteiger partial charge in [-0.05, 0) is 18.2 Å². The maximum atomic E-state index is 8.67. The van der Waals surface area contributed by atoms with E-state index in [-0.39, 0.29) is 0 Å². The van der Waals surface area contributed by atoms with Crippen LogP contribution in [0.4, 0.5) is 5.95 Å². The van der Waals surface area contributed by atoms with Crippen molar-refractivity contribution in [1.29, 1.82) is 5.26 Å². The molecule has 80 valence electrons. The number of hydrogen-bond donors (Lipinski definition) is 1. The molecule has 0 saturated heterocycles. The van der Waals surface area contributed by atoms with E-state index in [1.807, 2.05) is 18.2 Å². The van der Waals surface area contributed by atoms with E-state index < -0.39 is 0 Å². The van der Waals surface area contributed by atoms with Gasteiger partial charge < -0.3 is 5.32 Å². The number of nitrogens with one attached hydrogen (secondary N) is 1. The largest absolute Gasteiger partial charge is 0.349 e. The van der Waals surface area contributed by atoms with E-state index in [1.54, 1.807) is 12.3 Å². The van der Waals surface area contributed by atoms with Crippen LogP contribution < -0.4 is 5.32 Å². The molecule has 0 saturated carbocycles. The van der Waals surface area contributed by atoms with Gasteiger partial charge in [0.1, 0.15) is 11.8 Å². The molecule has 0 amide bonds. The highest BCUT2D eigenvalue weighted by Crippen LogP contribution is 2.21. The van der Waals surface area contributed by atoms with Gasteiger partial charge in [-0.2, -0.15) is 5.26 Å². The number of aromatic nitrogens is 2. The molecule has 0 aliphatic carbocycles. The molecular weight excluding hydrogens is 244 g/mol. The van der Waals surface area contributed by atoms with Crippen LogP contribution in [0, 0.1) is 11.3 Å². The van der Waals surface area contributed by atoms with Crippen LogP contribution in [0.1, 0.15) is 10.6 Å². The van der Waals surface area contributed by atoms with E-state index in [4.69, 9.17) is 16.9 Å². The summed E-state index contributed by atoms with van der Waals surface area (Å²) in [6, 6.07) is 7.30. The Morgan fingerprint density at radius 2 is 2.31 bits per heavy atom. The van der Waals surface area contributed by atoms with E-state index in [1.165, 1.54) is 11.3 Å². The normalized spacial score (nSPS) is 9.75. The quantitative estimate of drug-likeness (QED) is 0.910. The number of halogens is 1. The highest BCUT2D eigenvalue weighted by Gasteiger charge is 2.00. The SMILES string of the molecule is N#Cc1ccnc(NCc2ccc(Cl)s2)n1. The predicted molar refractivity (Wildman–Crippen MR) is 63.4 cm³/mol. The first-order chi connectivity index (χ1) is 7.78. The average Bonchev–Trinajstić information content (AvgIpc) is 2.73. The molecule has 0 aliphatic rings. The molecule has 16 heavy (non-hydrogen) atoms. The van der Waals surface area contributed by atoms with E-state index in [0.29, 0.717) is 18.2 Å². The molecule has 0 radical (unpaired) electrons. The van der Waals surface area contributed by atoms with Crippen LogP contribution in [0.3, 0.4) is 0 Å². The van der Waals surface area contributed by atoms with E-state index in [9.17, 15) is 0 Å². The van der Waals surface area contributed by atoms with Gasteiger partial charge in [-0.25, -0.2) is 9.97 Å². The lowest BCUT2D eigenvalue weighted by molar-refractivity contribution is 1.06. The Labute approximate surface area is 102 Å². The maximum Gasteiger partial charge on any atom is 0.224 e. The summed E-state index contributed by atoms with van der Waals surface area (Å²) in [5, 5.41) is 11.7. The first-order valence-electron chi connectivity index (χ1n) is 4.49. The van der Waals surface area contributed by atoms with Crippen molar-refractivity contribution in [2.45, 2.75) is 6.54 Å². The molecule has 6 heteroatoms. The highest BCUT2D eigenvalue weighted by atomic mass is 35.5. The zero-order valence-corrected chi connectivity index (χ0v) is 9.72. The fourth-order valence-electron chi connectivity index (χ4n) is 1.12. The number of nitrogens with zero attached hydrogens (tertiary/aromatic N) is 3. The molecule has 0 bridgehead atoms. The fourth-order valence-corrected chi connectivity index (χ4v) is 2.15. The van der Waals surface area contributed by atoms with Crippen molar-refractivity contribution >= 4 is 28.9 Å². The van der Waals surface area contributed by atoms with Gasteiger partial charge in [0.15, 0.2) is 0 Å². The molecule has 0 aromatic carbocycles. The lowest BCUT2D eigenvalue weighted by Crippen LogP contribution is -2.02. The molecule has 0 fully saturated rings. The average molecular weight is 251 g/mol. The van der Waals surface area contributed by atoms with Crippen molar-refractivity contribution in [3.8, 4) is 6.07 Å². The predicted octanol–water partition coefficient (Wildman–Crippen LogP) is 2.68. The lowest BCUT2D eigenvalue weighted by Gasteiger charge is -2.01. The minimum Gasteiger partial charge on any atom is -0.349 e. The van der Waals surface area contributed by atoms with Crippen molar-refractivity contribution in [2.75, 3.05) is 5.32 Å². The topological polar surface area (TPSA) is 61.6 Å². The molecule has 4 nitrogen and oxygen atoms in total.